The highest BCUT2D eigenvalue weighted by molar-refractivity contribution is 5.76. The van der Waals surface area contributed by atoms with Gasteiger partial charge in [-0.2, -0.15) is 0 Å². The number of carbonyl (C=O) groups is 1. The minimum Gasteiger partial charge on any atom is -0.342 e. The van der Waals surface area contributed by atoms with E-state index in [-0.39, 0.29) is 17.6 Å². The second kappa shape index (κ2) is 8.28. The first-order valence-electron chi connectivity index (χ1n) is 8.25. The Bertz CT molecular complexity index is 490. The molecule has 1 aromatic rings. The third-order valence-electron chi connectivity index (χ3n) is 4.36. The normalized spacial score (nSPS) is 20.0. The second-order valence-electron chi connectivity index (χ2n) is 6.55. The molecule has 4 heteroatoms. The number of nitrogens with one attached hydrogen (secondary N) is 1. The molecule has 0 bridgehead atoms. The highest BCUT2D eigenvalue weighted by atomic mass is 19.1. The van der Waals surface area contributed by atoms with E-state index in [1.54, 1.807) is 12.1 Å². The number of nitrogens with zero attached hydrogens (tertiary/aromatic N) is 1. The zero-order valence-corrected chi connectivity index (χ0v) is 13.6. The van der Waals surface area contributed by atoms with Crippen LogP contribution in [0.3, 0.4) is 0 Å². The van der Waals surface area contributed by atoms with Gasteiger partial charge in [-0.05, 0) is 62.4 Å². The molecule has 1 fully saturated rings. The maximum absolute atomic E-state index is 13.2. The van der Waals surface area contributed by atoms with Crippen LogP contribution in [0.2, 0.25) is 0 Å². The van der Waals surface area contributed by atoms with Gasteiger partial charge in [0.05, 0.1) is 0 Å². The van der Waals surface area contributed by atoms with E-state index < -0.39 is 0 Å². The number of carbonyl (C=O) groups excluding carboxylic acids is 1. The highest BCUT2D eigenvalue weighted by Gasteiger charge is 2.24. The summed E-state index contributed by atoms with van der Waals surface area (Å²) in [7, 11) is 1.96. The number of hydrogen-bond acceptors (Lipinski definition) is 2. The lowest BCUT2D eigenvalue weighted by Crippen LogP contribution is -2.43. The molecule has 2 rings (SSSR count). The molecule has 3 nitrogen and oxygen atoms in total. The molecule has 1 aliphatic rings. The topological polar surface area (TPSA) is 32.3 Å². The van der Waals surface area contributed by atoms with Gasteiger partial charge in [-0.1, -0.05) is 19.1 Å². The predicted octanol–water partition coefficient (Wildman–Crippen LogP) is 2.85. The third-order valence-corrected chi connectivity index (χ3v) is 4.36. The van der Waals surface area contributed by atoms with E-state index in [0.717, 1.165) is 38.0 Å². The first-order chi connectivity index (χ1) is 10.6. The zero-order chi connectivity index (χ0) is 15.9. The lowest BCUT2D eigenvalue weighted by atomic mass is 9.95. The monoisotopic (exact) mass is 306 g/mol. The summed E-state index contributed by atoms with van der Waals surface area (Å²) in [5.74, 6) is 0.840. The molecular formula is C18H27FN2O. The molecule has 1 aromatic carbocycles. The van der Waals surface area contributed by atoms with Crippen molar-refractivity contribution in [3.8, 4) is 0 Å². The molecular weight excluding hydrogens is 279 g/mol. The molecule has 1 amide bonds. The van der Waals surface area contributed by atoms with E-state index in [9.17, 15) is 9.18 Å². The van der Waals surface area contributed by atoms with Gasteiger partial charge in [0.2, 0.25) is 5.91 Å². The van der Waals surface area contributed by atoms with E-state index >= 15 is 0 Å². The fourth-order valence-corrected chi connectivity index (χ4v) is 3.31. The van der Waals surface area contributed by atoms with Crippen LogP contribution in [0.25, 0.3) is 0 Å². The average molecular weight is 306 g/mol. The number of amides is 1. The van der Waals surface area contributed by atoms with Gasteiger partial charge in [0.25, 0.3) is 0 Å². The second-order valence-corrected chi connectivity index (χ2v) is 6.55. The molecule has 0 radical (unpaired) electrons. The largest absolute Gasteiger partial charge is 0.342 e. The van der Waals surface area contributed by atoms with Gasteiger partial charge < -0.3 is 10.2 Å². The van der Waals surface area contributed by atoms with Crippen molar-refractivity contribution in [1.29, 1.82) is 0 Å². The molecule has 0 saturated carbocycles. The van der Waals surface area contributed by atoms with Gasteiger partial charge in [0.15, 0.2) is 0 Å². The minimum absolute atomic E-state index is 0.207. The smallest absolute Gasteiger partial charge is 0.222 e. The van der Waals surface area contributed by atoms with Crippen LogP contribution in [0.4, 0.5) is 4.39 Å². The van der Waals surface area contributed by atoms with Crippen LogP contribution in [0.1, 0.15) is 31.7 Å². The molecule has 2 unspecified atom stereocenters. The summed E-state index contributed by atoms with van der Waals surface area (Å²) >= 11 is 0. The zero-order valence-electron chi connectivity index (χ0n) is 13.6. The van der Waals surface area contributed by atoms with Crippen molar-refractivity contribution < 1.29 is 9.18 Å². The molecule has 1 heterocycles. The molecule has 1 saturated heterocycles. The third kappa shape index (κ3) is 5.09. The summed E-state index contributed by atoms with van der Waals surface area (Å²) in [5.41, 5.74) is 0.965. The van der Waals surface area contributed by atoms with Crippen LogP contribution in [0.15, 0.2) is 24.3 Å². The number of halogens is 1. The van der Waals surface area contributed by atoms with Gasteiger partial charge in [-0.15, -0.1) is 0 Å². The molecule has 0 aliphatic carbocycles. The number of hydrogen-bond donors (Lipinski definition) is 1. The van der Waals surface area contributed by atoms with E-state index in [1.165, 1.54) is 12.5 Å². The molecule has 122 valence electrons. The van der Waals surface area contributed by atoms with Gasteiger partial charge in [-0.25, -0.2) is 4.39 Å². The Morgan fingerprint density at radius 1 is 1.50 bits per heavy atom. The summed E-state index contributed by atoms with van der Waals surface area (Å²) in [4.78, 5) is 14.5. The van der Waals surface area contributed by atoms with E-state index in [4.69, 9.17) is 0 Å². The predicted molar refractivity (Wildman–Crippen MR) is 87.1 cm³/mol. The number of piperidine rings is 1. The van der Waals surface area contributed by atoms with Gasteiger partial charge in [-0.3, -0.25) is 4.79 Å². The Labute approximate surface area is 132 Å². The summed E-state index contributed by atoms with van der Waals surface area (Å²) < 4.78 is 13.2. The summed E-state index contributed by atoms with van der Waals surface area (Å²) in [6.07, 6.45) is 3.58. The van der Waals surface area contributed by atoms with Crippen molar-refractivity contribution in [3.05, 3.63) is 35.6 Å². The fourth-order valence-electron chi connectivity index (χ4n) is 3.31. The molecule has 0 spiro atoms. The maximum atomic E-state index is 13.2. The Kier molecular flexibility index (Phi) is 6.37. The molecule has 22 heavy (non-hydrogen) atoms. The maximum Gasteiger partial charge on any atom is 0.222 e. The molecule has 1 N–H and O–H groups in total. The van der Waals surface area contributed by atoms with Crippen LogP contribution in [-0.2, 0) is 11.2 Å². The highest BCUT2D eigenvalue weighted by Crippen LogP contribution is 2.19. The first kappa shape index (κ1) is 16.9. The van der Waals surface area contributed by atoms with Crippen molar-refractivity contribution in [3.63, 3.8) is 0 Å². The summed E-state index contributed by atoms with van der Waals surface area (Å²) in [6, 6.07) is 6.67. The lowest BCUT2D eigenvalue weighted by molar-refractivity contribution is -0.133. The Morgan fingerprint density at radius 2 is 2.32 bits per heavy atom. The van der Waals surface area contributed by atoms with Gasteiger partial charge in [0, 0.05) is 19.5 Å². The number of rotatable bonds is 6. The van der Waals surface area contributed by atoms with Crippen LogP contribution in [0.5, 0.6) is 0 Å². The number of benzene rings is 1. The van der Waals surface area contributed by atoms with Crippen LogP contribution in [0, 0.1) is 17.7 Å². The van der Waals surface area contributed by atoms with Crippen molar-refractivity contribution in [2.75, 3.05) is 26.7 Å². The fraction of sp³-hybridized carbons (Fsp3) is 0.611. The average Bonchev–Trinajstić information content (AvgIpc) is 2.47. The molecule has 0 aromatic heterocycles. The SMILES string of the molecule is CNCC1CCCN(C(=O)CC(C)Cc2cccc(F)c2)C1. The van der Waals surface area contributed by atoms with Gasteiger partial charge >= 0.3 is 0 Å². The van der Waals surface area contributed by atoms with Crippen LogP contribution in [-0.4, -0.2) is 37.5 Å². The lowest BCUT2D eigenvalue weighted by Gasteiger charge is -2.33. The van der Waals surface area contributed by atoms with Crippen LogP contribution >= 0.6 is 0 Å². The van der Waals surface area contributed by atoms with E-state index in [0.29, 0.717) is 12.3 Å². The quantitative estimate of drug-likeness (QED) is 0.876. The van der Waals surface area contributed by atoms with E-state index in [1.807, 2.05) is 18.0 Å². The Balaban J connectivity index is 1.83. The molecule has 2 atom stereocenters. The van der Waals surface area contributed by atoms with Crippen molar-refractivity contribution >= 4 is 5.91 Å². The molecule has 1 aliphatic heterocycles. The van der Waals surface area contributed by atoms with E-state index in [2.05, 4.69) is 12.2 Å². The van der Waals surface area contributed by atoms with Crippen LogP contribution < -0.4 is 5.32 Å². The van der Waals surface area contributed by atoms with Crippen molar-refractivity contribution in [2.45, 2.75) is 32.6 Å². The number of likely N-dealkylation sites (tertiary alicyclic amines) is 1. The first-order valence-corrected chi connectivity index (χ1v) is 8.25. The minimum atomic E-state index is -0.207. The standard InChI is InChI=1S/C18H27FN2O/c1-14(9-15-5-3-7-17(19)11-15)10-18(22)21-8-4-6-16(13-21)12-20-2/h3,5,7,11,14,16,20H,4,6,8-10,12-13H2,1-2H3. The summed E-state index contributed by atoms with van der Waals surface area (Å²) in [5, 5.41) is 3.20. The Morgan fingerprint density at radius 3 is 3.05 bits per heavy atom. The Hall–Kier alpha value is -1.42. The van der Waals surface area contributed by atoms with Crippen molar-refractivity contribution in [2.24, 2.45) is 11.8 Å². The van der Waals surface area contributed by atoms with Crippen molar-refractivity contribution in [1.82, 2.24) is 10.2 Å². The van der Waals surface area contributed by atoms with Gasteiger partial charge in [0.1, 0.15) is 5.82 Å². The summed E-state index contributed by atoms with van der Waals surface area (Å²) in [6.45, 7) is 4.79.